The number of ether oxygens (including phenoxy) is 2. The Morgan fingerprint density at radius 3 is 1.59 bits per heavy atom. The van der Waals surface area contributed by atoms with E-state index in [1.807, 2.05) is 0 Å². The first-order valence-electron chi connectivity index (χ1n) is 17.3. The molecule has 0 radical (unpaired) electrons. The number of esters is 1. The maximum absolute atomic E-state index is 14.9. The van der Waals surface area contributed by atoms with Gasteiger partial charge in [0.05, 0.1) is 19.3 Å². The molecule has 0 fully saturated rings. The van der Waals surface area contributed by atoms with Crippen LogP contribution in [0.1, 0.15) is 66.6 Å². The Balaban J connectivity index is 3.20. The van der Waals surface area contributed by atoms with Crippen molar-refractivity contribution in [3.05, 3.63) is 53.6 Å². The Morgan fingerprint density at radius 2 is 1.16 bits per heavy atom. The largest absolute Gasteiger partial charge is 0.491 e. The van der Waals surface area contributed by atoms with Crippen LogP contribution < -0.4 is 4.74 Å². The van der Waals surface area contributed by atoms with E-state index < -0.39 is 104 Å². The van der Waals surface area contributed by atoms with Crippen molar-refractivity contribution < 1.29 is 98.4 Å². The standard InChI is InChI=1S/C35H43F17O5Si/c1-8-55-26(53)11-9-10-22(6)23(7)27(54)24-12-14-25(15-13-24)56-17-18-57-58(20(2)3,21(4)5)19-16-28(36,37)29(38,39)30(40,41)31(42,43)32(44,45)33(46,47)34(48,49)35(50,51)52/h9-15,20-21,23,27,54H,8,16-19H2,1-7H3/b11-9+,22-10+/t23-,27+/m0/s1. The van der Waals surface area contributed by atoms with Gasteiger partial charge >= 0.3 is 53.6 Å². The summed E-state index contributed by atoms with van der Waals surface area (Å²) >= 11 is 0. The normalized spacial score (nSPS) is 16.0. The van der Waals surface area contributed by atoms with E-state index in [1.54, 1.807) is 26.8 Å². The summed E-state index contributed by atoms with van der Waals surface area (Å²) in [6.07, 6.45) is -7.14. The summed E-state index contributed by atoms with van der Waals surface area (Å²) in [5, 5.41) is 10.8. The first-order valence-corrected chi connectivity index (χ1v) is 19.5. The zero-order chi connectivity index (χ0) is 45.7. The predicted octanol–water partition coefficient (Wildman–Crippen LogP) is 12.0. The summed E-state index contributed by atoms with van der Waals surface area (Å²) in [6, 6.07) is 4.51. The minimum atomic E-state index is -8.68. The third-order valence-corrected chi connectivity index (χ3v) is 15.3. The van der Waals surface area contributed by atoms with Gasteiger partial charge in [-0.3, -0.25) is 0 Å². The number of benzene rings is 1. The second-order valence-electron chi connectivity index (χ2n) is 13.9. The van der Waals surface area contributed by atoms with Gasteiger partial charge in [0.15, 0.2) is 8.32 Å². The third kappa shape index (κ3) is 10.3. The average Bonchev–Trinajstić information content (AvgIpc) is 3.09. The number of alkyl halides is 17. The fourth-order valence-electron chi connectivity index (χ4n) is 5.67. The van der Waals surface area contributed by atoms with Crippen LogP contribution in [-0.4, -0.2) is 86.8 Å². The van der Waals surface area contributed by atoms with Crippen LogP contribution in [0, 0.1) is 5.92 Å². The molecule has 0 unspecified atom stereocenters. The van der Waals surface area contributed by atoms with Crippen molar-refractivity contribution in [2.75, 3.05) is 19.8 Å². The van der Waals surface area contributed by atoms with Crippen LogP contribution in [-0.2, 0) is 14.0 Å². The smallest absolute Gasteiger partial charge is 0.460 e. The molecule has 1 N–H and O–H groups in total. The van der Waals surface area contributed by atoms with E-state index in [0.717, 1.165) is 0 Å². The first kappa shape index (κ1) is 52.9. The summed E-state index contributed by atoms with van der Waals surface area (Å²) in [6.45, 7) is 9.69. The number of carbonyl (C=O) groups excluding carboxylic acids is 1. The predicted molar refractivity (Wildman–Crippen MR) is 178 cm³/mol. The molecule has 336 valence electrons. The third-order valence-electron chi connectivity index (χ3n) is 9.59. The number of carbonyl (C=O) groups is 1. The molecule has 58 heavy (non-hydrogen) atoms. The highest BCUT2D eigenvalue weighted by molar-refractivity contribution is 6.76. The van der Waals surface area contributed by atoms with E-state index >= 15 is 0 Å². The van der Waals surface area contributed by atoms with E-state index in [2.05, 4.69) is 0 Å². The number of hydrogen-bond donors (Lipinski definition) is 1. The number of halogens is 17. The van der Waals surface area contributed by atoms with E-state index in [4.69, 9.17) is 13.9 Å². The highest BCUT2D eigenvalue weighted by atomic mass is 28.4. The fraction of sp³-hybridized carbons (Fsp3) is 0.686. The number of aliphatic hydroxyl groups is 1. The van der Waals surface area contributed by atoms with E-state index in [0.29, 0.717) is 11.1 Å². The highest BCUT2D eigenvalue weighted by Gasteiger charge is 2.95. The van der Waals surface area contributed by atoms with Gasteiger partial charge in [-0.05, 0) is 48.7 Å². The lowest BCUT2D eigenvalue weighted by Crippen LogP contribution is -2.74. The molecular formula is C35H43F17O5Si. The number of hydrogen-bond acceptors (Lipinski definition) is 5. The zero-order valence-corrected chi connectivity index (χ0v) is 32.9. The molecule has 1 aromatic rings. The molecule has 2 atom stereocenters. The van der Waals surface area contributed by atoms with Gasteiger partial charge in [0, 0.05) is 18.4 Å². The SMILES string of the molecule is CCOC(=O)/C=C/C=C(\C)[C@H](C)[C@@H](O)c1ccc(OCCO[Si](CCC(F)(F)C(F)(F)C(F)(F)C(F)(F)C(F)(F)C(F)(F)C(F)(F)C(F)(F)F)(C(C)C)C(C)C)cc1. The highest BCUT2D eigenvalue weighted by Crippen LogP contribution is 2.64. The van der Waals surface area contributed by atoms with Crippen molar-refractivity contribution in [1.29, 1.82) is 0 Å². The summed E-state index contributed by atoms with van der Waals surface area (Å²) in [4.78, 5) is 11.5. The van der Waals surface area contributed by atoms with Gasteiger partial charge in [0.25, 0.3) is 0 Å². The summed E-state index contributed by atoms with van der Waals surface area (Å²) < 4.78 is 250. The van der Waals surface area contributed by atoms with Crippen LogP contribution in [0.3, 0.4) is 0 Å². The topological polar surface area (TPSA) is 65.0 Å². The van der Waals surface area contributed by atoms with Crippen LogP contribution >= 0.6 is 0 Å². The molecule has 5 nitrogen and oxygen atoms in total. The van der Waals surface area contributed by atoms with Crippen LogP contribution in [0.4, 0.5) is 74.6 Å². The molecular weight excluding hydrogens is 851 g/mol. The van der Waals surface area contributed by atoms with Crippen LogP contribution in [0.25, 0.3) is 0 Å². The summed E-state index contributed by atoms with van der Waals surface area (Å²) in [5.41, 5.74) is -0.582. The Bertz CT molecular complexity index is 1550. The second kappa shape index (κ2) is 18.7. The molecule has 0 saturated carbocycles. The van der Waals surface area contributed by atoms with Gasteiger partial charge < -0.3 is 19.0 Å². The van der Waals surface area contributed by atoms with Crippen molar-refractivity contribution >= 4 is 14.3 Å². The lowest BCUT2D eigenvalue weighted by atomic mass is 9.88. The Hall–Kier alpha value is -3.08. The monoisotopic (exact) mass is 894 g/mol. The minimum absolute atomic E-state index is 0.169. The van der Waals surface area contributed by atoms with Gasteiger partial charge in [-0.2, -0.15) is 74.6 Å². The molecule has 0 heterocycles. The molecule has 1 aromatic carbocycles. The van der Waals surface area contributed by atoms with Crippen molar-refractivity contribution in [2.45, 2.75) is 126 Å². The van der Waals surface area contributed by atoms with Gasteiger partial charge in [0.1, 0.15) is 12.4 Å². The average molecular weight is 895 g/mol. The van der Waals surface area contributed by atoms with Crippen molar-refractivity contribution in [3.63, 3.8) is 0 Å². The summed E-state index contributed by atoms with van der Waals surface area (Å²) in [7, 11) is -3.95. The van der Waals surface area contributed by atoms with Crippen LogP contribution in [0.5, 0.6) is 5.75 Å². The van der Waals surface area contributed by atoms with Gasteiger partial charge in [-0.25, -0.2) is 4.79 Å². The van der Waals surface area contributed by atoms with Crippen LogP contribution in [0.15, 0.2) is 48.1 Å². The molecule has 0 saturated heterocycles. The molecule has 0 amide bonds. The number of allylic oxidation sites excluding steroid dienone is 2. The quantitative estimate of drug-likeness (QED) is 0.0314. The first-order chi connectivity index (χ1) is 26.0. The molecule has 0 aromatic heterocycles. The molecule has 0 aliphatic heterocycles. The lowest BCUT2D eigenvalue weighted by molar-refractivity contribution is -0.461. The molecule has 0 spiro atoms. The zero-order valence-electron chi connectivity index (χ0n) is 31.9. The van der Waals surface area contributed by atoms with Crippen molar-refractivity contribution in [2.24, 2.45) is 5.92 Å². The second-order valence-corrected chi connectivity index (χ2v) is 18.9. The van der Waals surface area contributed by atoms with E-state index in [1.165, 1.54) is 64.1 Å². The molecule has 0 aliphatic carbocycles. The maximum atomic E-state index is 14.9. The van der Waals surface area contributed by atoms with E-state index in [-0.39, 0.29) is 19.0 Å². The maximum Gasteiger partial charge on any atom is 0.460 e. The number of aliphatic hydroxyl groups excluding tert-OH is 1. The van der Waals surface area contributed by atoms with Crippen molar-refractivity contribution in [1.82, 2.24) is 0 Å². The van der Waals surface area contributed by atoms with Gasteiger partial charge in [0.2, 0.25) is 0 Å². The Kier molecular flexibility index (Phi) is 17.0. The molecule has 0 bridgehead atoms. The molecule has 1 rings (SSSR count). The summed E-state index contributed by atoms with van der Waals surface area (Å²) in [5.74, 6) is -57.5. The Labute approximate surface area is 323 Å². The van der Waals surface area contributed by atoms with E-state index in [9.17, 15) is 84.5 Å². The molecule has 23 heteroatoms. The van der Waals surface area contributed by atoms with Crippen molar-refractivity contribution in [3.8, 4) is 5.75 Å². The minimum Gasteiger partial charge on any atom is -0.491 e. The van der Waals surface area contributed by atoms with Gasteiger partial charge in [-0.15, -0.1) is 0 Å². The lowest BCUT2D eigenvalue weighted by Gasteiger charge is -2.44. The van der Waals surface area contributed by atoms with Gasteiger partial charge in [-0.1, -0.05) is 64.5 Å². The fourth-order valence-corrected chi connectivity index (χ4v) is 10.1. The molecule has 0 aliphatic rings. The number of rotatable bonds is 22. The Morgan fingerprint density at radius 1 is 0.707 bits per heavy atom. The van der Waals surface area contributed by atoms with Crippen LogP contribution in [0.2, 0.25) is 17.1 Å².